The Bertz CT molecular complexity index is 1520. The Morgan fingerprint density at radius 2 is 1.85 bits per heavy atom. The highest BCUT2D eigenvalue weighted by molar-refractivity contribution is 7.92. The first-order valence-corrected chi connectivity index (χ1v) is 14.5. The van der Waals surface area contributed by atoms with E-state index in [2.05, 4.69) is 24.5 Å². The van der Waals surface area contributed by atoms with Crippen LogP contribution in [0.5, 0.6) is 0 Å². The number of carbonyl (C=O) groups excluding carboxylic acids is 1. The molecule has 3 heterocycles. The van der Waals surface area contributed by atoms with Crippen molar-refractivity contribution in [2.45, 2.75) is 30.7 Å². The fourth-order valence-corrected chi connectivity index (χ4v) is 6.32. The van der Waals surface area contributed by atoms with Crippen LogP contribution in [0.4, 0.5) is 17.2 Å². The molecular formula is C27H28ClN7O3S. The molecule has 0 bridgehead atoms. The number of sulfonamides is 1. The molecule has 1 fully saturated rings. The van der Waals surface area contributed by atoms with Gasteiger partial charge in [-0.25, -0.2) is 18.4 Å². The molecule has 1 N–H and O–H groups in total. The molecule has 1 aromatic heterocycles. The van der Waals surface area contributed by atoms with Gasteiger partial charge >= 0.3 is 0 Å². The molecular weight excluding hydrogens is 538 g/mol. The van der Waals surface area contributed by atoms with Crippen molar-refractivity contribution >= 4 is 44.7 Å². The van der Waals surface area contributed by atoms with E-state index >= 15 is 0 Å². The smallest absolute Gasteiger partial charge is 0.263 e. The second-order valence-corrected chi connectivity index (χ2v) is 11.7. The summed E-state index contributed by atoms with van der Waals surface area (Å²) in [6, 6.07) is 14.0. The molecule has 0 unspecified atom stereocenters. The number of nitrogens with zero attached hydrogens (tertiary/aromatic N) is 6. The Morgan fingerprint density at radius 3 is 2.56 bits per heavy atom. The van der Waals surface area contributed by atoms with Gasteiger partial charge in [-0.15, -0.1) is 0 Å². The third kappa shape index (κ3) is 5.62. The van der Waals surface area contributed by atoms with Gasteiger partial charge in [0.05, 0.1) is 11.1 Å². The van der Waals surface area contributed by atoms with Gasteiger partial charge in [0, 0.05) is 49.1 Å². The minimum Gasteiger partial charge on any atom is -0.368 e. The Balaban J connectivity index is 1.20. The quantitative estimate of drug-likeness (QED) is 0.483. The third-order valence-electron chi connectivity index (χ3n) is 7.19. The second kappa shape index (κ2) is 11.1. The van der Waals surface area contributed by atoms with Crippen molar-refractivity contribution in [3.63, 3.8) is 0 Å². The first kappa shape index (κ1) is 26.7. The van der Waals surface area contributed by atoms with Crippen LogP contribution in [0.15, 0.2) is 59.9 Å². The van der Waals surface area contributed by atoms with E-state index in [9.17, 15) is 13.2 Å². The number of rotatable bonds is 6. The highest BCUT2D eigenvalue weighted by Gasteiger charge is 2.31. The molecule has 2 aliphatic heterocycles. The number of anilines is 3. The summed E-state index contributed by atoms with van der Waals surface area (Å²) in [6.45, 7) is 5.24. The van der Waals surface area contributed by atoms with E-state index in [0.29, 0.717) is 31.2 Å². The van der Waals surface area contributed by atoms with E-state index in [0.717, 1.165) is 30.8 Å². The van der Waals surface area contributed by atoms with Gasteiger partial charge in [0.25, 0.3) is 10.0 Å². The minimum atomic E-state index is -3.93. The lowest BCUT2D eigenvalue weighted by atomic mass is 10.00. The van der Waals surface area contributed by atoms with Gasteiger partial charge in [0.2, 0.25) is 5.91 Å². The van der Waals surface area contributed by atoms with Crippen molar-refractivity contribution in [2.75, 3.05) is 47.2 Å². The molecule has 0 aliphatic carbocycles. The number of piperazine rings is 1. The van der Waals surface area contributed by atoms with E-state index in [-0.39, 0.29) is 28.2 Å². The van der Waals surface area contributed by atoms with E-state index in [1.165, 1.54) is 30.2 Å². The normalized spacial score (nSPS) is 16.3. The molecule has 3 aromatic rings. The maximum atomic E-state index is 13.4. The van der Waals surface area contributed by atoms with Crippen molar-refractivity contribution in [3.05, 3.63) is 71.1 Å². The first-order valence-electron chi connectivity index (χ1n) is 12.7. The lowest BCUT2D eigenvalue weighted by Crippen LogP contribution is -2.55. The number of nitriles is 1. The monoisotopic (exact) mass is 565 g/mol. The molecule has 2 aromatic carbocycles. The molecule has 0 radical (unpaired) electrons. The molecule has 1 amide bonds. The van der Waals surface area contributed by atoms with Crippen LogP contribution >= 0.6 is 11.6 Å². The molecule has 1 atom stereocenters. The highest BCUT2D eigenvalue weighted by Crippen LogP contribution is 2.31. The molecule has 202 valence electrons. The molecule has 39 heavy (non-hydrogen) atoms. The van der Waals surface area contributed by atoms with Crippen LogP contribution in [0, 0.1) is 11.3 Å². The molecule has 5 rings (SSSR count). The number of carbonyl (C=O) groups is 1. The predicted molar refractivity (Wildman–Crippen MR) is 149 cm³/mol. The van der Waals surface area contributed by atoms with E-state index in [1.54, 1.807) is 12.1 Å². The number of benzene rings is 2. The second-order valence-electron chi connectivity index (χ2n) is 9.55. The van der Waals surface area contributed by atoms with Crippen LogP contribution in [0.1, 0.15) is 24.5 Å². The summed E-state index contributed by atoms with van der Waals surface area (Å²) in [5.41, 5.74) is 3.17. The van der Waals surface area contributed by atoms with E-state index < -0.39 is 10.0 Å². The number of aromatic nitrogens is 2. The van der Waals surface area contributed by atoms with Crippen LogP contribution in [0.2, 0.25) is 5.02 Å². The largest absolute Gasteiger partial charge is 0.368 e. The highest BCUT2D eigenvalue weighted by atomic mass is 35.5. The summed E-state index contributed by atoms with van der Waals surface area (Å²) in [4.78, 5) is 27.3. The van der Waals surface area contributed by atoms with Gasteiger partial charge in [-0.3, -0.25) is 9.52 Å². The number of halogens is 1. The fourth-order valence-electron chi connectivity index (χ4n) is 5.09. The zero-order valence-corrected chi connectivity index (χ0v) is 23.0. The number of aryl methyl sites for hydroxylation is 1. The number of hydrogen-bond acceptors (Lipinski definition) is 8. The SMILES string of the molecule is C[C@H](C(=O)N1CCN(c2ccc(S(=O)(=O)Nc3ncncc3C#N)cc2)CC1)N1CCCc2cc(Cl)ccc21. The van der Waals surface area contributed by atoms with Gasteiger partial charge in [-0.1, -0.05) is 11.6 Å². The summed E-state index contributed by atoms with van der Waals surface area (Å²) >= 11 is 6.18. The summed E-state index contributed by atoms with van der Waals surface area (Å²) in [7, 11) is -3.93. The molecule has 2 aliphatic rings. The minimum absolute atomic E-state index is 0.0355. The van der Waals surface area contributed by atoms with Gasteiger partial charge in [0.1, 0.15) is 24.0 Å². The van der Waals surface area contributed by atoms with Crippen LogP contribution in [0.3, 0.4) is 0 Å². The van der Waals surface area contributed by atoms with Crippen molar-refractivity contribution in [1.82, 2.24) is 14.9 Å². The first-order chi connectivity index (χ1) is 18.8. The van der Waals surface area contributed by atoms with Gasteiger partial charge in [0.15, 0.2) is 5.82 Å². The van der Waals surface area contributed by atoms with Crippen LogP contribution < -0.4 is 14.5 Å². The summed E-state index contributed by atoms with van der Waals surface area (Å²) in [5, 5.41) is 9.88. The molecule has 12 heteroatoms. The Morgan fingerprint density at radius 1 is 1.10 bits per heavy atom. The molecule has 10 nitrogen and oxygen atoms in total. The van der Waals surface area contributed by atoms with Crippen LogP contribution in [0.25, 0.3) is 0 Å². The van der Waals surface area contributed by atoms with E-state index in [1.807, 2.05) is 36.1 Å². The van der Waals surface area contributed by atoms with Crippen LogP contribution in [-0.4, -0.2) is 68.0 Å². The summed E-state index contributed by atoms with van der Waals surface area (Å²) in [5.74, 6) is 0.0369. The molecule has 0 spiro atoms. The van der Waals surface area contributed by atoms with Crippen molar-refractivity contribution < 1.29 is 13.2 Å². The Labute approximate surface area is 232 Å². The zero-order chi connectivity index (χ0) is 27.6. The number of hydrogen-bond donors (Lipinski definition) is 1. The Hall–Kier alpha value is -3.88. The number of amides is 1. The number of fused-ring (bicyclic) bond motifs is 1. The van der Waals surface area contributed by atoms with Gasteiger partial charge < -0.3 is 14.7 Å². The maximum Gasteiger partial charge on any atom is 0.263 e. The molecule has 0 saturated carbocycles. The van der Waals surface area contributed by atoms with Crippen molar-refractivity contribution in [2.24, 2.45) is 0 Å². The average Bonchev–Trinajstić information content (AvgIpc) is 2.96. The maximum absolute atomic E-state index is 13.4. The Kier molecular flexibility index (Phi) is 7.59. The van der Waals surface area contributed by atoms with Crippen LogP contribution in [-0.2, 0) is 21.2 Å². The van der Waals surface area contributed by atoms with Gasteiger partial charge in [-0.05, 0) is 67.8 Å². The van der Waals surface area contributed by atoms with Gasteiger partial charge in [-0.2, -0.15) is 5.26 Å². The number of nitrogens with one attached hydrogen (secondary N) is 1. The third-order valence-corrected chi connectivity index (χ3v) is 8.78. The average molecular weight is 566 g/mol. The summed E-state index contributed by atoms with van der Waals surface area (Å²) in [6.07, 6.45) is 4.37. The lowest BCUT2D eigenvalue weighted by Gasteiger charge is -2.41. The standard InChI is InChI=1S/C27H28ClN7O3S/c1-19(35-10-2-3-20-15-22(28)4-9-25(20)35)27(36)34-13-11-33(12-14-34)23-5-7-24(8-6-23)39(37,38)32-26-21(16-29)17-30-18-31-26/h4-9,15,17-19H,2-3,10-14H2,1H3,(H,30,31,32)/t19-/m1/s1. The topological polar surface area (TPSA) is 123 Å². The molecule has 1 saturated heterocycles. The fraction of sp³-hybridized carbons (Fsp3) is 0.333. The van der Waals surface area contributed by atoms with E-state index in [4.69, 9.17) is 16.9 Å². The lowest BCUT2D eigenvalue weighted by molar-refractivity contribution is -0.132. The van der Waals surface area contributed by atoms with Crippen molar-refractivity contribution in [1.29, 1.82) is 5.26 Å². The predicted octanol–water partition coefficient (Wildman–Crippen LogP) is 3.29. The van der Waals surface area contributed by atoms with Crippen molar-refractivity contribution in [3.8, 4) is 6.07 Å². The summed E-state index contributed by atoms with van der Waals surface area (Å²) < 4.78 is 28.0. The zero-order valence-electron chi connectivity index (χ0n) is 21.4.